The molecule has 1 saturated carbocycles. The van der Waals surface area contributed by atoms with E-state index in [1.54, 1.807) is 0 Å². The van der Waals surface area contributed by atoms with Gasteiger partial charge in [-0.1, -0.05) is 12.8 Å². The average Bonchev–Trinajstić information content (AvgIpc) is 3.36. The fourth-order valence-electron chi connectivity index (χ4n) is 4.32. The first-order valence-electron chi connectivity index (χ1n) is 9.81. The van der Waals surface area contributed by atoms with Gasteiger partial charge in [-0.15, -0.1) is 0 Å². The standard InChI is InChI=1S/C20H18F5N5O2/c21-10-5-11-12(8-27-16(11)26-7-10)17-28-9-13(22)18(30-17)29-14(6-15(31)32)19(20(23,24)25)3-1-2-4-19/h5,7-9,14H,1-4,6H2,(H,26,27)(H,31,32)(H,28,29,30). The molecule has 0 saturated heterocycles. The average molecular weight is 455 g/mol. The highest BCUT2D eigenvalue weighted by Crippen LogP contribution is 2.54. The van der Waals surface area contributed by atoms with Crippen LogP contribution in [0.15, 0.2) is 24.7 Å². The van der Waals surface area contributed by atoms with Crippen LogP contribution in [-0.2, 0) is 4.79 Å². The third-order valence-corrected chi connectivity index (χ3v) is 5.90. The quantitative estimate of drug-likeness (QED) is 0.467. The maximum atomic E-state index is 14.5. The second-order valence-electron chi connectivity index (χ2n) is 7.80. The number of fused-ring (bicyclic) bond motifs is 1. The molecule has 3 N–H and O–H groups in total. The molecule has 170 valence electrons. The molecule has 0 aromatic carbocycles. The van der Waals surface area contributed by atoms with Crippen molar-refractivity contribution in [2.24, 2.45) is 5.41 Å². The van der Waals surface area contributed by atoms with Crippen molar-refractivity contribution >= 4 is 22.8 Å². The second kappa shape index (κ2) is 7.99. The van der Waals surface area contributed by atoms with E-state index in [9.17, 15) is 31.9 Å². The molecule has 3 heterocycles. The molecular formula is C20H18F5N5O2. The van der Waals surface area contributed by atoms with Gasteiger partial charge in [-0.3, -0.25) is 4.79 Å². The summed E-state index contributed by atoms with van der Waals surface area (Å²) in [5.74, 6) is -3.77. The summed E-state index contributed by atoms with van der Waals surface area (Å²) in [5.41, 5.74) is -1.75. The number of halogens is 5. The number of hydrogen-bond acceptors (Lipinski definition) is 5. The van der Waals surface area contributed by atoms with E-state index in [1.165, 1.54) is 12.3 Å². The number of rotatable bonds is 6. The maximum Gasteiger partial charge on any atom is 0.396 e. The summed E-state index contributed by atoms with van der Waals surface area (Å²) in [4.78, 5) is 25.9. The Bertz CT molecular complexity index is 1160. The van der Waals surface area contributed by atoms with Gasteiger partial charge in [0.25, 0.3) is 0 Å². The van der Waals surface area contributed by atoms with E-state index in [0.717, 1.165) is 12.4 Å². The second-order valence-corrected chi connectivity index (χ2v) is 7.80. The van der Waals surface area contributed by atoms with Crippen LogP contribution in [0.3, 0.4) is 0 Å². The minimum atomic E-state index is -4.69. The van der Waals surface area contributed by atoms with Crippen LogP contribution in [0, 0.1) is 17.0 Å². The van der Waals surface area contributed by atoms with Crippen molar-refractivity contribution in [1.82, 2.24) is 19.9 Å². The van der Waals surface area contributed by atoms with Gasteiger partial charge in [-0.05, 0) is 18.9 Å². The molecule has 4 rings (SSSR count). The van der Waals surface area contributed by atoms with Crippen LogP contribution in [0.2, 0.25) is 0 Å². The summed E-state index contributed by atoms with van der Waals surface area (Å²) in [6.07, 6.45) is -2.37. The molecule has 0 radical (unpaired) electrons. The molecular weight excluding hydrogens is 437 g/mol. The number of carbonyl (C=O) groups is 1. The van der Waals surface area contributed by atoms with Crippen molar-refractivity contribution in [3.05, 3.63) is 36.3 Å². The van der Waals surface area contributed by atoms with Gasteiger partial charge in [0.1, 0.15) is 11.5 Å². The highest BCUT2D eigenvalue weighted by atomic mass is 19.4. The van der Waals surface area contributed by atoms with Crippen LogP contribution in [0.1, 0.15) is 32.1 Å². The number of nitrogens with one attached hydrogen (secondary N) is 2. The maximum absolute atomic E-state index is 14.5. The van der Waals surface area contributed by atoms with Crippen LogP contribution >= 0.6 is 0 Å². The van der Waals surface area contributed by atoms with Crippen molar-refractivity contribution in [2.75, 3.05) is 5.32 Å². The van der Waals surface area contributed by atoms with E-state index >= 15 is 0 Å². The van der Waals surface area contributed by atoms with Gasteiger partial charge in [0.05, 0.1) is 30.3 Å². The predicted molar refractivity (Wildman–Crippen MR) is 104 cm³/mol. The highest BCUT2D eigenvalue weighted by molar-refractivity contribution is 5.91. The zero-order valence-corrected chi connectivity index (χ0v) is 16.5. The molecule has 0 spiro atoms. The van der Waals surface area contributed by atoms with Crippen LogP contribution < -0.4 is 5.32 Å². The molecule has 0 amide bonds. The zero-order valence-electron chi connectivity index (χ0n) is 16.5. The van der Waals surface area contributed by atoms with E-state index in [-0.39, 0.29) is 37.1 Å². The smallest absolute Gasteiger partial charge is 0.396 e. The van der Waals surface area contributed by atoms with E-state index in [0.29, 0.717) is 11.0 Å². The molecule has 3 aromatic heterocycles. The Morgan fingerprint density at radius 3 is 2.59 bits per heavy atom. The van der Waals surface area contributed by atoms with E-state index in [4.69, 9.17) is 0 Å². The van der Waals surface area contributed by atoms with Gasteiger partial charge in [-0.2, -0.15) is 13.2 Å². The number of anilines is 1. The Morgan fingerprint density at radius 1 is 1.22 bits per heavy atom. The summed E-state index contributed by atoms with van der Waals surface area (Å²) < 4.78 is 70.2. The minimum absolute atomic E-state index is 0.0888. The van der Waals surface area contributed by atoms with Crippen LogP contribution in [0.5, 0.6) is 0 Å². The molecule has 0 bridgehead atoms. The molecule has 1 fully saturated rings. The molecule has 1 unspecified atom stereocenters. The van der Waals surface area contributed by atoms with Gasteiger partial charge < -0.3 is 15.4 Å². The first-order valence-corrected chi connectivity index (χ1v) is 9.81. The Kier molecular flexibility index (Phi) is 5.47. The summed E-state index contributed by atoms with van der Waals surface area (Å²) in [7, 11) is 0. The number of nitrogens with zero attached hydrogens (tertiary/aromatic N) is 3. The van der Waals surface area contributed by atoms with Gasteiger partial charge in [0, 0.05) is 17.1 Å². The number of aromatic nitrogens is 4. The summed E-state index contributed by atoms with van der Waals surface area (Å²) >= 11 is 0. The number of aromatic amines is 1. The number of carboxylic acid groups (broad SMARTS) is 1. The Hall–Kier alpha value is -3.31. The zero-order chi connectivity index (χ0) is 23.1. The molecule has 0 aliphatic heterocycles. The summed E-state index contributed by atoms with van der Waals surface area (Å²) in [6.45, 7) is 0. The first kappa shape index (κ1) is 21.9. The van der Waals surface area contributed by atoms with Crippen LogP contribution in [0.25, 0.3) is 22.4 Å². The van der Waals surface area contributed by atoms with Crippen LogP contribution in [0.4, 0.5) is 27.8 Å². The molecule has 1 aliphatic rings. The Labute approximate surface area is 178 Å². The lowest BCUT2D eigenvalue weighted by molar-refractivity contribution is -0.228. The number of pyridine rings is 1. The molecule has 7 nitrogen and oxygen atoms in total. The van der Waals surface area contributed by atoms with E-state index in [2.05, 4.69) is 25.3 Å². The molecule has 1 atom stereocenters. The third kappa shape index (κ3) is 3.84. The van der Waals surface area contributed by atoms with E-state index < -0.39 is 47.5 Å². The summed E-state index contributed by atoms with van der Waals surface area (Å²) in [6, 6.07) is -0.472. The van der Waals surface area contributed by atoms with Crippen molar-refractivity contribution in [3.8, 4) is 11.4 Å². The Balaban J connectivity index is 1.75. The topological polar surface area (TPSA) is 104 Å². The number of aliphatic carboxylic acids is 1. The van der Waals surface area contributed by atoms with Gasteiger partial charge in [-0.25, -0.2) is 23.7 Å². The lowest BCUT2D eigenvalue weighted by Crippen LogP contribution is -2.50. The summed E-state index contributed by atoms with van der Waals surface area (Å²) in [5, 5.41) is 11.9. The first-order chi connectivity index (χ1) is 15.1. The third-order valence-electron chi connectivity index (χ3n) is 5.90. The number of alkyl halides is 3. The van der Waals surface area contributed by atoms with Crippen molar-refractivity contribution in [1.29, 1.82) is 0 Å². The van der Waals surface area contributed by atoms with Crippen LogP contribution in [-0.4, -0.2) is 43.2 Å². The predicted octanol–water partition coefficient (Wildman–Crippen LogP) is 4.68. The number of H-pyrrole nitrogens is 1. The van der Waals surface area contributed by atoms with Gasteiger partial charge in [0.2, 0.25) is 0 Å². The fraction of sp³-hybridized carbons (Fsp3) is 0.400. The lowest BCUT2D eigenvalue weighted by Gasteiger charge is -2.39. The lowest BCUT2D eigenvalue weighted by atomic mass is 9.76. The minimum Gasteiger partial charge on any atom is -0.481 e. The molecule has 12 heteroatoms. The van der Waals surface area contributed by atoms with Gasteiger partial charge in [0.15, 0.2) is 17.5 Å². The monoisotopic (exact) mass is 455 g/mol. The normalized spacial score (nSPS) is 16.9. The molecule has 1 aliphatic carbocycles. The number of hydrogen-bond donors (Lipinski definition) is 3. The fourth-order valence-corrected chi connectivity index (χ4v) is 4.32. The van der Waals surface area contributed by atoms with Gasteiger partial charge >= 0.3 is 12.1 Å². The van der Waals surface area contributed by atoms with E-state index in [1.807, 2.05) is 0 Å². The highest BCUT2D eigenvalue weighted by Gasteiger charge is 2.60. The van der Waals surface area contributed by atoms with Crippen molar-refractivity contribution in [3.63, 3.8) is 0 Å². The number of carboxylic acids is 1. The molecule has 32 heavy (non-hydrogen) atoms. The molecule has 3 aromatic rings. The largest absolute Gasteiger partial charge is 0.481 e. The SMILES string of the molecule is O=C(O)CC(Nc1nc(-c2c[nH]c3ncc(F)cc23)ncc1F)C1(C(F)(F)F)CCCC1. The van der Waals surface area contributed by atoms with Crippen molar-refractivity contribution in [2.45, 2.75) is 44.3 Å². The Morgan fingerprint density at radius 2 is 1.94 bits per heavy atom. The van der Waals surface area contributed by atoms with Crippen molar-refractivity contribution < 1.29 is 31.9 Å².